The molecule has 25 heavy (non-hydrogen) atoms. The Morgan fingerprint density at radius 1 is 1.04 bits per heavy atom. The van der Waals surface area contributed by atoms with Crippen LogP contribution in [0.4, 0.5) is 0 Å². The fraction of sp³-hybridized carbons (Fsp3) is 0.381. The number of hydrogen-bond acceptors (Lipinski definition) is 3. The minimum absolute atomic E-state index is 0.246. The number of halogens is 1. The smallest absolute Gasteiger partial charge is 0.311 e. The molecule has 0 aliphatic carbocycles. The lowest BCUT2D eigenvalue weighted by Gasteiger charge is -2.10. The summed E-state index contributed by atoms with van der Waals surface area (Å²) < 4.78 is 11.0. The quantitative estimate of drug-likeness (QED) is 0.353. The standard InChI is InChI=1S/C21H25ClO3/c1-14(2)17-7-9-18(10-8-17)25-20(23)6-5-11-24-19-12-15(3)21(22)16(4)13-19/h7-10,12-14H,5-6,11H2,1-4H3. The van der Waals surface area contributed by atoms with Gasteiger partial charge in [0.25, 0.3) is 0 Å². The van der Waals surface area contributed by atoms with Crippen molar-refractivity contribution < 1.29 is 14.3 Å². The van der Waals surface area contributed by atoms with E-state index in [-0.39, 0.29) is 5.97 Å². The van der Waals surface area contributed by atoms with Crippen LogP contribution in [0.5, 0.6) is 11.5 Å². The van der Waals surface area contributed by atoms with Gasteiger partial charge in [0.15, 0.2) is 0 Å². The third-order valence-corrected chi connectivity index (χ3v) is 4.58. The van der Waals surface area contributed by atoms with E-state index in [0.29, 0.717) is 31.1 Å². The lowest BCUT2D eigenvalue weighted by Crippen LogP contribution is -2.10. The van der Waals surface area contributed by atoms with Crippen molar-refractivity contribution in [3.8, 4) is 11.5 Å². The lowest BCUT2D eigenvalue weighted by atomic mass is 10.0. The van der Waals surface area contributed by atoms with Gasteiger partial charge >= 0.3 is 5.97 Å². The van der Waals surface area contributed by atoms with Gasteiger partial charge in [-0.25, -0.2) is 0 Å². The van der Waals surface area contributed by atoms with Gasteiger partial charge < -0.3 is 9.47 Å². The van der Waals surface area contributed by atoms with Crippen LogP contribution in [0.25, 0.3) is 0 Å². The van der Waals surface area contributed by atoms with Gasteiger partial charge in [0, 0.05) is 11.4 Å². The van der Waals surface area contributed by atoms with Gasteiger partial charge in [-0.05, 0) is 67.1 Å². The second-order valence-electron chi connectivity index (χ2n) is 6.52. The Labute approximate surface area is 154 Å². The fourth-order valence-electron chi connectivity index (χ4n) is 2.50. The third kappa shape index (κ3) is 5.79. The number of aryl methyl sites for hydroxylation is 2. The van der Waals surface area contributed by atoms with Crippen molar-refractivity contribution in [2.24, 2.45) is 0 Å². The van der Waals surface area contributed by atoms with E-state index in [2.05, 4.69) is 13.8 Å². The Hall–Kier alpha value is -2.00. The molecular weight excluding hydrogens is 336 g/mol. The van der Waals surface area contributed by atoms with Crippen molar-refractivity contribution in [2.45, 2.75) is 46.5 Å². The predicted octanol–water partition coefficient (Wildman–Crippen LogP) is 5.84. The van der Waals surface area contributed by atoms with Crippen molar-refractivity contribution in [3.63, 3.8) is 0 Å². The molecule has 3 nitrogen and oxygen atoms in total. The zero-order valence-electron chi connectivity index (χ0n) is 15.3. The average Bonchev–Trinajstić information content (AvgIpc) is 2.57. The average molecular weight is 361 g/mol. The molecule has 0 bridgehead atoms. The highest BCUT2D eigenvalue weighted by atomic mass is 35.5. The Morgan fingerprint density at radius 2 is 1.64 bits per heavy atom. The summed E-state index contributed by atoms with van der Waals surface area (Å²) in [5, 5.41) is 0.763. The molecule has 2 aromatic carbocycles. The van der Waals surface area contributed by atoms with Crippen LogP contribution in [0.2, 0.25) is 5.02 Å². The van der Waals surface area contributed by atoms with Crippen LogP contribution in [0.15, 0.2) is 36.4 Å². The van der Waals surface area contributed by atoms with Crippen LogP contribution in [-0.4, -0.2) is 12.6 Å². The van der Waals surface area contributed by atoms with Gasteiger partial charge in [-0.3, -0.25) is 4.79 Å². The molecule has 0 radical (unpaired) electrons. The Morgan fingerprint density at radius 3 is 2.20 bits per heavy atom. The van der Waals surface area contributed by atoms with Crippen molar-refractivity contribution in [2.75, 3.05) is 6.61 Å². The van der Waals surface area contributed by atoms with Crippen LogP contribution in [-0.2, 0) is 4.79 Å². The molecule has 0 saturated carbocycles. The maximum Gasteiger partial charge on any atom is 0.311 e. The van der Waals surface area contributed by atoms with Crippen LogP contribution >= 0.6 is 11.6 Å². The minimum atomic E-state index is -0.246. The van der Waals surface area contributed by atoms with Crippen molar-refractivity contribution >= 4 is 17.6 Å². The van der Waals surface area contributed by atoms with Gasteiger partial charge in [0.05, 0.1) is 6.61 Å². The van der Waals surface area contributed by atoms with Crippen LogP contribution in [0.3, 0.4) is 0 Å². The molecule has 0 spiro atoms. The first-order valence-corrected chi connectivity index (χ1v) is 8.95. The van der Waals surface area contributed by atoms with Gasteiger partial charge in [-0.2, -0.15) is 0 Å². The van der Waals surface area contributed by atoms with Gasteiger partial charge in [-0.1, -0.05) is 37.6 Å². The first-order chi connectivity index (χ1) is 11.9. The van der Waals surface area contributed by atoms with Crippen LogP contribution in [0.1, 0.15) is 49.3 Å². The first-order valence-electron chi connectivity index (χ1n) is 8.57. The summed E-state index contributed by atoms with van der Waals surface area (Å²) in [5.74, 6) is 1.57. The normalized spacial score (nSPS) is 10.8. The molecule has 2 aromatic rings. The Kier molecular flexibility index (Phi) is 6.89. The maximum atomic E-state index is 11.9. The molecule has 0 aliphatic heterocycles. The molecule has 0 unspecified atom stereocenters. The summed E-state index contributed by atoms with van der Waals surface area (Å²) >= 11 is 6.14. The van der Waals surface area contributed by atoms with E-state index >= 15 is 0 Å². The van der Waals surface area contributed by atoms with Gasteiger partial charge in [0.1, 0.15) is 11.5 Å². The summed E-state index contributed by atoms with van der Waals surface area (Å²) in [5.41, 5.74) is 3.20. The van der Waals surface area contributed by atoms with Gasteiger partial charge in [-0.15, -0.1) is 0 Å². The second-order valence-corrected chi connectivity index (χ2v) is 6.90. The van der Waals surface area contributed by atoms with Crippen molar-refractivity contribution in [1.29, 1.82) is 0 Å². The monoisotopic (exact) mass is 360 g/mol. The van der Waals surface area contributed by atoms with E-state index in [1.165, 1.54) is 5.56 Å². The summed E-state index contributed by atoms with van der Waals surface area (Å²) in [6.07, 6.45) is 0.918. The number of hydrogen-bond donors (Lipinski definition) is 0. The predicted molar refractivity (Wildman–Crippen MR) is 102 cm³/mol. The van der Waals surface area contributed by atoms with Crippen molar-refractivity contribution in [1.82, 2.24) is 0 Å². The van der Waals surface area contributed by atoms with Gasteiger partial charge in [0.2, 0.25) is 0 Å². The van der Waals surface area contributed by atoms with E-state index in [9.17, 15) is 4.79 Å². The summed E-state index contributed by atoms with van der Waals surface area (Å²) in [6.45, 7) is 8.62. The van der Waals surface area contributed by atoms with E-state index in [4.69, 9.17) is 21.1 Å². The highest BCUT2D eigenvalue weighted by Crippen LogP contribution is 2.26. The molecule has 0 N–H and O–H groups in total. The number of carbonyl (C=O) groups excluding carboxylic acids is 1. The summed E-state index contributed by atoms with van der Waals surface area (Å²) in [7, 11) is 0. The zero-order chi connectivity index (χ0) is 18.4. The van der Waals surface area contributed by atoms with E-state index in [1.807, 2.05) is 50.2 Å². The zero-order valence-corrected chi connectivity index (χ0v) is 16.0. The first kappa shape index (κ1) is 19.3. The molecule has 0 saturated heterocycles. The molecular formula is C21H25ClO3. The summed E-state index contributed by atoms with van der Waals surface area (Å²) in [6, 6.07) is 11.5. The minimum Gasteiger partial charge on any atom is -0.494 e. The topological polar surface area (TPSA) is 35.5 Å². The second kappa shape index (κ2) is 8.91. The fourth-order valence-corrected chi connectivity index (χ4v) is 2.61. The van der Waals surface area contributed by atoms with E-state index in [0.717, 1.165) is 21.9 Å². The summed E-state index contributed by atoms with van der Waals surface area (Å²) in [4.78, 5) is 11.9. The third-order valence-electron chi connectivity index (χ3n) is 3.98. The molecule has 0 atom stereocenters. The maximum absolute atomic E-state index is 11.9. The molecule has 0 fully saturated rings. The Bertz CT molecular complexity index is 697. The molecule has 4 heteroatoms. The van der Waals surface area contributed by atoms with E-state index in [1.54, 1.807) is 0 Å². The molecule has 0 heterocycles. The van der Waals surface area contributed by atoms with E-state index < -0.39 is 0 Å². The largest absolute Gasteiger partial charge is 0.494 e. The number of benzene rings is 2. The van der Waals surface area contributed by atoms with Crippen LogP contribution in [0, 0.1) is 13.8 Å². The molecule has 0 aromatic heterocycles. The number of carbonyl (C=O) groups is 1. The van der Waals surface area contributed by atoms with Crippen LogP contribution < -0.4 is 9.47 Å². The molecule has 134 valence electrons. The highest BCUT2D eigenvalue weighted by molar-refractivity contribution is 6.32. The molecule has 0 aliphatic rings. The van der Waals surface area contributed by atoms with Crippen molar-refractivity contribution in [3.05, 3.63) is 58.1 Å². The molecule has 2 rings (SSSR count). The molecule has 0 amide bonds. The lowest BCUT2D eigenvalue weighted by molar-refractivity contribution is -0.134. The number of rotatable bonds is 7. The number of ether oxygens (including phenoxy) is 2. The highest BCUT2D eigenvalue weighted by Gasteiger charge is 2.07. The Balaban J connectivity index is 1.75. The SMILES string of the molecule is Cc1cc(OCCCC(=O)Oc2ccc(C(C)C)cc2)cc(C)c1Cl. The number of esters is 1.